The van der Waals surface area contributed by atoms with E-state index in [4.69, 9.17) is 14.2 Å². The molecule has 0 radical (unpaired) electrons. The summed E-state index contributed by atoms with van der Waals surface area (Å²) in [5, 5.41) is 68.7. The molecule has 7 N–H and O–H groups in total. The summed E-state index contributed by atoms with van der Waals surface area (Å²) in [4.78, 5) is 12.7. The molecule has 0 aromatic heterocycles. The maximum atomic E-state index is 12.7. The summed E-state index contributed by atoms with van der Waals surface area (Å²) in [5.41, 5.74) is 0.281. The Morgan fingerprint density at radius 1 is 0.935 bits per heavy atom. The number of carbonyl (C=O) groups is 1. The second-order valence-corrected chi connectivity index (χ2v) is 7.21. The van der Waals surface area contributed by atoms with Crippen molar-refractivity contribution in [1.29, 1.82) is 0 Å². The highest BCUT2D eigenvalue weighted by molar-refractivity contribution is 6.06. The third kappa shape index (κ3) is 3.52. The zero-order chi connectivity index (χ0) is 22.4. The van der Waals surface area contributed by atoms with Crippen LogP contribution >= 0.6 is 0 Å². The maximum Gasteiger partial charge on any atom is 0.229 e. The Morgan fingerprint density at radius 3 is 2.35 bits per heavy atom. The second-order valence-electron chi connectivity index (χ2n) is 7.21. The van der Waals surface area contributed by atoms with E-state index < -0.39 is 60.7 Å². The molecule has 0 aliphatic carbocycles. The molecule has 1 saturated heterocycles. The van der Waals surface area contributed by atoms with E-state index >= 15 is 0 Å². The minimum atomic E-state index is -1.69. The van der Waals surface area contributed by atoms with E-state index in [0.717, 1.165) is 6.07 Å². The van der Waals surface area contributed by atoms with Crippen LogP contribution in [0.3, 0.4) is 0 Å². The number of phenolic OH excluding ortho intramolecular Hbond substituents is 3. The van der Waals surface area contributed by atoms with E-state index in [1.165, 1.54) is 24.3 Å². The van der Waals surface area contributed by atoms with Crippen molar-refractivity contribution in [2.24, 2.45) is 0 Å². The molecule has 4 rings (SSSR count). The Kier molecular flexibility index (Phi) is 5.37. The van der Waals surface area contributed by atoms with Gasteiger partial charge in [0.1, 0.15) is 24.4 Å². The Labute approximate surface area is 174 Å². The van der Waals surface area contributed by atoms with Gasteiger partial charge in [-0.2, -0.15) is 0 Å². The number of aromatic hydroxyl groups is 3. The first-order chi connectivity index (χ1) is 14.7. The van der Waals surface area contributed by atoms with E-state index in [2.05, 4.69) is 0 Å². The zero-order valence-corrected chi connectivity index (χ0v) is 15.8. The topological polar surface area (TPSA) is 186 Å². The van der Waals surface area contributed by atoms with Crippen LogP contribution in [0, 0.1) is 0 Å². The lowest BCUT2D eigenvalue weighted by atomic mass is 9.99. The maximum absolute atomic E-state index is 12.7. The molecule has 2 aromatic rings. The van der Waals surface area contributed by atoms with Crippen molar-refractivity contribution in [1.82, 2.24) is 0 Å². The van der Waals surface area contributed by atoms with Crippen LogP contribution in [0.15, 0.2) is 30.3 Å². The molecule has 1 fully saturated rings. The van der Waals surface area contributed by atoms with Crippen LogP contribution in [0.25, 0.3) is 0 Å². The third-order valence-electron chi connectivity index (χ3n) is 5.23. The van der Waals surface area contributed by atoms with E-state index in [9.17, 15) is 40.5 Å². The Morgan fingerprint density at radius 2 is 1.68 bits per heavy atom. The van der Waals surface area contributed by atoms with Crippen molar-refractivity contribution in [2.45, 2.75) is 36.8 Å². The summed E-state index contributed by atoms with van der Waals surface area (Å²) in [6.45, 7) is -0.653. The van der Waals surface area contributed by atoms with Gasteiger partial charge in [0.2, 0.25) is 17.8 Å². The van der Waals surface area contributed by atoms with Crippen LogP contribution in [0.1, 0.15) is 22.0 Å². The van der Waals surface area contributed by atoms with Crippen LogP contribution in [0.4, 0.5) is 0 Å². The number of benzene rings is 2. The third-order valence-corrected chi connectivity index (χ3v) is 5.23. The van der Waals surface area contributed by atoms with Crippen LogP contribution in [-0.2, 0) is 4.74 Å². The molecular weight excluding hydrogens is 416 g/mol. The summed E-state index contributed by atoms with van der Waals surface area (Å²) in [5.74, 6) is -2.34. The standard InChI is InChI=1S/C20H20O11/c21-6-12-14(25)16(27)17(28)20(30-12)29-11-4-2-8-13(24)18(31-19(8)15(11)26)7-1-3-9(22)10(23)5-7/h1-5,12,14,16-18,20-23,25-28H,6H2/t12-,14+,16+,17+,18-,20+/m0/s1. The molecule has 11 nitrogen and oxygen atoms in total. The summed E-state index contributed by atoms with van der Waals surface area (Å²) in [6, 6.07) is 6.28. The summed E-state index contributed by atoms with van der Waals surface area (Å²) >= 11 is 0. The number of phenols is 3. The quantitative estimate of drug-likeness (QED) is 0.300. The molecule has 2 aliphatic rings. The number of hydrogen-bond donors (Lipinski definition) is 7. The molecule has 0 bridgehead atoms. The lowest BCUT2D eigenvalue weighted by Crippen LogP contribution is -2.60. The molecule has 11 heteroatoms. The summed E-state index contributed by atoms with van der Waals surface area (Å²) < 4.78 is 16.2. The fraction of sp³-hybridized carbons (Fsp3) is 0.350. The molecule has 0 unspecified atom stereocenters. The number of fused-ring (bicyclic) bond motifs is 1. The molecule has 2 heterocycles. The highest BCUT2D eigenvalue weighted by atomic mass is 16.7. The molecule has 2 aliphatic heterocycles. The highest BCUT2D eigenvalue weighted by Crippen LogP contribution is 2.48. The number of hydrogen-bond acceptors (Lipinski definition) is 11. The van der Waals surface area contributed by atoms with Gasteiger partial charge in [-0.25, -0.2) is 0 Å². The Balaban J connectivity index is 1.59. The number of ether oxygens (including phenoxy) is 3. The second kappa shape index (κ2) is 7.87. The molecule has 6 atom stereocenters. The minimum Gasteiger partial charge on any atom is -0.504 e. The number of rotatable bonds is 4. The molecule has 2 aromatic carbocycles. The van der Waals surface area contributed by atoms with Crippen molar-refractivity contribution in [3.8, 4) is 28.7 Å². The van der Waals surface area contributed by atoms with Crippen molar-refractivity contribution in [2.75, 3.05) is 6.61 Å². The van der Waals surface area contributed by atoms with Gasteiger partial charge in [0.15, 0.2) is 29.1 Å². The van der Waals surface area contributed by atoms with Crippen LogP contribution in [0.5, 0.6) is 28.7 Å². The Bertz CT molecular complexity index is 1000. The van der Waals surface area contributed by atoms with Crippen molar-refractivity contribution >= 4 is 5.78 Å². The lowest BCUT2D eigenvalue weighted by molar-refractivity contribution is -0.277. The van der Waals surface area contributed by atoms with Gasteiger partial charge in [0.05, 0.1) is 12.2 Å². The highest BCUT2D eigenvalue weighted by Gasteiger charge is 2.45. The first kappa shape index (κ1) is 21.2. The van der Waals surface area contributed by atoms with Gasteiger partial charge in [0.25, 0.3) is 0 Å². The van der Waals surface area contributed by atoms with E-state index in [0.29, 0.717) is 0 Å². The molecular formula is C20H20O11. The molecule has 0 saturated carbocycles. The fourth-order valence-electron chi connectivity index (χ4n) is 3.49. The largest absolute Gasteiger partial charge is 0.504 e. The zero-order valence-electron chi connectivity index (χ0n) is 15.8. The predicted molar refractivity (Wildman–Crippen MR) is 100.0 cm³/mol. The average Bonchev–Trinajstić information content (AvgIpc) is 3.09. The lowest BCUT2D eigenvalue weighted by Gasteiger charge is -2.39. The number of aliphatic hydroxyl groups is 4. The van der Waals surface area contributed by atoms with Gasteiger partial charge in [-0.1, -0.05) is 6.07 Å². The number of carbonyl (C=O) groups excluding carboxylic acids is 1. The van der Waals surface area contributed by atoms with Gasteiger partial charge in [-0.15, -0.1) is 0 Å². The number of ketones is 1. The van der Waals surface area contributed by atoms with Gasteiger partial charge < -0.3 is 50.0 Å². The summed E-state index contributed by atoms with van der Waals surface area (Å²) in [6.07, 6.45) is -8.87. The van der Waals surface area contributed by atoms with Gasteiger partial charge in [-0.3, -0.25) is 4.79 Å². The predicted octanol–water partition coefficient (Wildman–Crippen LogP) is -0.702. The first-order valence-corrected chi connectivity index (χ1v) is 9.28. The summed E-state index contributed by atoms with van der Waals surface area (Å²) in [7, 11) is 0. The Hall–Kier alpha value is -3.09. The minimum absolute atomic E-state index is 0.0382. The molecule has 0 amide bonds. The molecule has 166 valence electrons. The van der Waals surface area contributed by atoms with Gasteiger partial charge in [-0.05, 0) is 24.3 Å². The number of Topliss-reactive ketones (excluding diaryl/α,β-unsaturated/α-hetero) is 1. The smallest absolute Gasteiger partial charge is 0.229 e. The number of aliphatic hydroxyl groups excluding tert-OH is 4. The van der Waals surface area contributed by atoms with Crippen LogP contribution < -0.4 is 9.47 Å². The fourth-order valence-corrected chi connectivity index (χ4v) is 3.49. The van der Waals surface area contributed by atoms with Crippen molar-refractivity contribution < 1.29 is 54.8 Å². The van der Waals surface area contributed by atoms with Crippen molar-refractivity contribution in [3.05, 3.63) is 41.5 Å². The monoisotopic (exact) mass is 436 g/mol. The average molecular weight is 436 g/mol. The SMILES string of the molecule is O=C1c2ccc(O[C@@H]3O[C@@H](CO)[C@@H](O)[C@@H](O)[C@H]3O)c(O)c2O[C@H]1c1ccc(O)c(O)c1. The first-order valence-electron chi connectivity index (χ1n) is 9.28. The van der Waals surface area contributed by atoms with E-state index in [1.54, 1.807) is 0 Å². The van der Waals surface area contributed by atoms with Gasteiger partial charge >= 0.3 is 0 Å². The molecule has 0 spiro atoms. The normalized spacial score (nSPS) is 30.0. The van der Waals surface area contributed by atoms with Gasteiger partial charge in [0, 0.05) is 5.56 Å². The van der Waals surface area contributed by atoms with Crippen LogP contribution in [0.2, 0.25) is 0 Å². The van der Waals surface area contributed by atoms with Crippen LogP contribution in [-0.4, -0.2) is 78.8 Å². The van der Waals surface area contributed by atoms with E-state index in [-0.39, 0.29) is 28.4 Å². The van der Waals surface area contributed by atoms with E-state index in [1.807, 2.05) is 0 Å². The van der Waals surface area contributed by atoms with Crippen molar-refractivity contribution in [3.63, 3.8) is 0 Å². The molecule has 31 heavy (non-hydrogen) atoms.